The van der Waals surface area contributed by atoms with E-state index < -0.39 is 0 Å². The van der Waals surface area contributed by atoms with Gasteiger partial charge in [-0.05, 0) is 54.1 Å². The van der Waals surface area contributed by atoms with Crippen LogP contribution in [0.5, 0.6) is 0 Å². The highest BCUT2D eigenvalue weighted by molar-refractivity contribution is 7.15. The highest BCUT2D eigenvalue weighted by Gasteiger charge is 2.17. The number of imidazole rings is 1. The second kappa shape index (κ2) is 5.81. The van der Waals surface area contributed by atoms with Gasteiger partial charge in [0.25, 0.3) is 0 Å². The van der Waals surface area contributed by atoms with E-state index in [4.69, 9.17) is 5.73 Å². The molecule has 24 heavy (non-hydrogen) atoms. The molecule has 0 radical (unpaired) electrons. The fraction of sp³-hybridized carbons (Fsp3) is 0.0556. The SMILES string of the molecule is NCc1c(-c2ccc(F)cc2)nc2scc(-c3ccc(F)cc3)n12. The molecule has 0 unspecified atom stereocenters. The maximum Gasteiger partial charge on any atom is 0.195 e. The maximum atomic E-state index is 13.2. The van der Waals surface area contributed by atoms with Gasteiger partial charge in [0.15, 0.2) is 4.96 Å². The second-order valence-corrected chi connectivity index (χ2v) is 6.20. The van der Waals surface area contributed by atoms with Crippen LogP contribution in [0.15, 0.2) is 53.9 Å². The van der Waals surface area contributed by atoms with E-state index in [2.05, 4.69) is 4.98 Å². The van der Waals surface area contributed by atoms with Crippen molar-refractivity contribution in [1.82, 2.24) is 9.38 Å². The third kappa shape index (κ3) is 2.40. The highest BCUT2D eigenvalue weighted by atomic mass is 32.1. The standard InChI is InChI=1S/C18H13F2N3S/c19-13-5-1-11(2-6-13)16-10-24-18-22-17(15(9-21)23(16)18)12-3-7-14(20)8-4-12/h1-8,10H,9,21H2. The molecule has 0 atom stereocenters. The van der Waals surface area contributed by atoms with Crippen molar-refractivity contribution < 1.29 is 8.78 Å². The normalized spacial score (nSPS) is 11.3. The molecule has 120 valence electrons. The summed E-state index contributed by atoms with van der Waals surface area (Å²) in [6, 6.07) is 12.5. The molecule has 3 nitrogen and oxygen atoms in total. The first kappa shape index (κ1) is 15.0. The van der Waals surface area contributed by atoms with Gasteiger partial charge in [-0.1, -0.05) is 0 Å². The van der Waals surface area contributed by atoms with Gasteiger partial charge in [-0.3, -0.25) is 4.40 Å². The molecule has 6 heteroatoms. The molecule has 0 spiro atoms. The molecule has 0 fully saturated rings. The molecule has 2 heterocycles. The van der Waals surface area contributed by atoms with Gasteiger partial charge < -0.3 is 5.73 Å². The van der Waals surface area contributed by atoms with Gasteiger partial charge >= 0.3 is 0 Å². The van der Waals surface area contributed by atoms with Gasteiger partial charge in [-0.2, -0.15) is 0 Å². The Kier molecular flexibility index (Phi) is 3.63. The number of fused-ring (bicyclic) bond motifs is 1. The fourth-order valence-corrected chi connectivity index (χ4v) is 3.68. The number of thiazole rings is 1. The van der Waals surface area contributed by atoms with Crippen LogP contribution in [0.2, 0.25) is 0 Å². The minimum atomic E-state index is -0.291. The van der Waals surface area contributed by atoms with Crippen molar-refractivity contribution in [3.63, 3.8) is 0 Å². The highest BCUT2D eigenvalue weighted by Crippen LogP contribution is 2.32. The van der Waals surface area contributed by atoms with Crippen molar-refractivity contribution in [1.29, 1.82) is 0 Å². The molecule has 4 aromatic rings. The molecule has 4 rings (SSSR count). The van der Waals surface area contributed by atoms with Crippen LogP contribution in [0.4, 0.5) is 8.78 Å². The minimum absolute atomic E-state index is 0.276. The Labute approximate surface area is 141 Å². The molecule has 0 saturated carbocycles. The first-order chi connectivity index (χ1) is 11.7. The summed E-state index contributed by atoms with van der Waals surface area (Å²) in [7, 11) is 0. The Hall–Kier alpha value is -2.57. The van der Waals surface area contributed by atoms with Gasteiger partial charge in [0, 0.05) is 17.5 Å². The van der Waals surface area contributed by atoms with Crippen LogP contribution in [0.25, 0.3) is 27.5 Å². The lowest BCUT2D eigenvalue weighted by molar-refractivity contribution is 0.627. The molecule has 2 N–H and O–H groups in total. The number of aromatic nitrogens is 2. The first-order valence-corrected chi connectivity index (χ1v) is 8.26. The molecule has 0 amide bonds. The lowest BCUT2D eigenvalue weighted by Crippen LogP contribution is -2.03. The zero-order valence-electron chi connectivity index (χ0n) is 12.5. The lowest BCUT2D eigenvalue weighted by Gasteiger charge is -2.05. The zero-order chi connectivity index (χ0) is 16.7. The summed E-state index contributed by atoms with van der Waals surface area (Å²) in [6.45, 7) is 0.290. The maximum absolute atomic E-state index is 13.2. The van der Waals surface area contributed by atoms with Crippen LogP contribution >= 0.6 is 11.3 Å². The number of rotatable bonds is 3. The fourth-order valence-electron chi connectivity index (χ4n) is 2.76. The summed E-state index contributed by atoms with van der Waals surface area (Å²) in [4.78, 5) is 5.45. The van der Waals surface area contributed by atoms with E-state index in [1.54, 1.807) is 24.3 Å². The van der Waals surface area contributed by atoms with E-state index in [0.717, 1.165) is 33.2 Å². The molecular formula is C18H13F2N3S. The monoisotopic (exact) mass is 341 g/mol. The van der Waals surface area contributed by atoms with E-state index >= 15 is 0 Å². The quantitative estimate of drug-likeness (QED) is 0.597. The van der Waals surface area contributed by atoms with E-state index in [0.29, 0.717) is 6.54 Å². The van der Waals surface area contributed by atoms with E-state index in [9.17, 15) is 8.78 Å². The molecule has 2 aromatic carbocycles. The van der Waals surface area contributed by atoms with Crippen LogP contribution in [0.1, 0.15) is 5.69 Å². The predicted molar refractivity (Wildman–Crippen MR) is 91.7 cm³/mol. The smallest absolute Gasteiger partial charge is 0.195 e. The van der Waals surface area contributed by atoms with Crippen molar-refractivity contribution in [3.8, 4) is 22.5 Å². The predicted octanol–water partition coefficient (Wildman–Crippen LogP) is 4.47. The van der Waals surface area contributed by atoms with Crippen LogP contribution in [-0.4, -0.2) is 9.38 Å². The Morgan fingerprint density at radius 3 is 2.08 bits per heavy atom. The summed E-state index contributed by atoms with van der Waals surface area (Å²) in [5.74, 6) is -0.567. The van der Waals surface area contributed by atoms with Gasteiger partial charge in [-0.25, -0.2) is 13.8 Å². The Morgan fingerprint density at radius 1 is 0.917 bits per heavy atom. The molecule has 0 aliphatic carbocycles. The zero-order valence-corrected chi connectivity index (χ0v) is 13.4. The van der Waals surface area contributed by atoms with Crippen molar-refractivity contribution in [3.05, 3.63) is 71.2 Å². The van der Waals surface area contributed by atoms with Crippen LogP contribution in [0, 0.1) is 11.6 Å². The molecule has 0 bridgehead atoms. The minimum Gasteiger partial charge on any atom is -0.325 e. The van der Waals surface area contributed by atoms with Crippen molar-refractivity contribution in [2.45, 2.75) is 6.54 Å². The van der Waals surface area contributed by atoms with Crippen molar-refractivity contribution in [2.75, 3.05) is 0 Å². The Morgan fingerprint density at radius 2 is 1.50 bits per heavy atom. The third-order valence-electron chi connectivity index (χ3n) is 3.91. The first-order valence-electron chi connectivity index (χ1n) is 7.38. The lowest BCUT2D eigenvalue weighted by atomic mass is 10.1. The second-order valence-electron chi connectivity index (χ2n) is 5.36. The van der Waals surface area contributed by atoms with Gasteiger partial charge in [-0.15, -0.1) is 11.3 Å². The number of halogens is 2. The third-order valence-corrected chi connectivity index (χ3v) is 4.74. The Balaban J connectivity index is 1.92. The number of hydrogen-bond donors (Lipinski definition) is 1. The van der Waals surface area contributed by atoms with Crippen LogP contribution in [0.3, 0.4) is 0 Å². The summed E-state index contributed by atoms with van der Waals surface area (Å²) < 4.78 is 28.3. The molecule has 0 saturated heterocycles. The Bertz CT molecular complexity index is 1000. The molecular weight excluding hydrogens is 328 g/mol. The van der Waals surface area contributed by atoms with Gasteiger partial charge in [0.2, 0.25) is 0 Å². The number of nitrogens with two attached hydrogens (primary N) is 1. The molecule has 2 aromatic heterocycles. The number of benzene rings is 2. The summed E-state index contributed by atoms with van der Waals surface area (Å²) in [5.41, 5.74) is 10.2. The topological polar surface area (TPSA) is 43.3 Å². The van der Waals surface area contributed by atoms with E-state index in [-0.39, 0.29) is 11.6 Å². The van der Waals surface area contributed by atoms with Crippen molar-refractivity contribution >= 4 is 16.3 Å². The van der Waals surface area contributed by atoms with Crippen LogP contribution < -0.4 is 5.73 Å². The van der Waals surface area contributed by atoms with Gasteiger partial charge in [0.1, 0.15) is 11.6 Å². The average Bonchev–Trinajstić information content (AvgIpc) is 3.15. The summed E-state index contributed by atoms with van der Waals surface area (Å²) in [5, 5.41) is 1.98. The summed E-state index contributed by atoms with van der Waals surface area (Å²) >= 11 is 1.49. The largest absolute Gasteiger partial charge is 0.325 e. The van der Waals surface area contributed by atoms with Crippen molar-refractivity contribution in [2.24, 2.45) is 5.73 Å². The van der Waals surface area contributed by atoms with Crippen LogP contribution in [-0.2, 0) is 6.54 Å². The molecule has 0 aliphatic heterocycles. The number of hydrogen-bond acceptors (Lipinski definition) is 3. The van der Waals surface area contributed by atoms with E-state index in [1.807, 2.05) is 9.78 Å². The number of nitrogens with zero attached hydrogens (tertiary/aromatic N) is 2. The van der Waals surface area contributed by atoms with E-state index in [1.165, 1.54) is 35.6 Å². The molecule has 0 aliphatic rings. The average molecular weight is 341 g/mol. The van der Waals surface area contributed by atoms with Gasteiger partial charge in [0.05, 0.1) is 17.1 Å². The summed E-state index contributed by atoms with van der Waals surface area (Å²) in [6.07, 6.45) is 0.